The Morgan fingerprint density at radius 3 is 2.47 bits per heavy atom. The van der Waals surface area contributed by atoms with Crippen LogP contribution in [0.2, 0.25) is 0 Å². The van der Waals surface area contributed by atoms with Crippen LogP contribution < -0.4 is 5.32 Å². The van der Waals surface area contributed by atoms with Gasteiger partial charge in [0.25, 0.3) is 5.91 Å². The summed E-state index contributed by atoms with van der Waals surface area (Å²) in [6, 6.07) is 11.3. The Bertz CT molecular complexity index is 601. The van der Waals surface area contributed by atoms with Gasteiger partial charge >= 0.3 is 0 Å². The Morgan fingerprint density at radius 1 is 1.21 bits per heavy atom. The molecule has 0 heterocycles. The second kappa shape index (κ2) is 6.34. The van der Waals surface area contributed by atoms with Crippen LogP contribution in [0.1, 0.15) is 15.9 Å². The first kappa shape index (κ1) is 14.3. The van der Waals surface area contributed by atoms with E-state index in [4.69, 9.17) is 11.6 Å². The summed E-state index contributed by atoms with van der Waals surface area (Å²) < 4.78 is 13.6. The molecule has 1 N–H and O–H groups in total. The van der Waals surface area contributed by atoms with Gasteiger partial charge in [-0.1, -0.05) is 12.1 Å². The standard InChI is InChI=1S/C14H10ClFINO/c15-8-9-1-3-10(4-2-9)14(19)18-13-6-5-11(16)7-12(13)17/h1-7H,8H2,(H,18,19). The van der Waals surface area contributed by atoms with E-state index in [1.54, 1.807) is 30.3 Å². The van der Waals surface area contributed by atoms with Gasteiger partial charge in [-0.25, -0.2) is 4.39 Å². The van der Waals surface area contributed by atoms with Crippen LogP contribution in [0, 0.1) is 9.39 Å². The molecule has 2 nitrogen and oxygen atoms in total. The highest BCUT2D eigenvalue weighted by Gasteiger charge is 2.08. The number of nitrogens with one attached hydrogen (secondary N) is 1. The molecule has 0 fully saturated rings. The smallest absolute Gasteiger partial charge is 0.255 e. The molecule has 19 heavy (non-hydrogen) atoms. The van der Waals surface area contributed by atoms with Gasteiger partial charge in [-0.3, -0.25) is 4.79 Å². The van der Waals surface area contributed by atoms with Gasteiger partial charge in [0.2, 0.25) is 0 Å². The quantitative estimate of drug-likeness (QED) is 0.611. The fourth-order valence-electron chi connectivity index (χ4n) is 1.53. The predicted octanol–water partition coefficient (Wildman–Crippen LogP) is 4.42. The van der Waals surface area contributed by atoms with Crippen molar-refractivity contribution in [2.45, 2.75) is 5.88 Å². The van der Waals surface area contributed by atoms with Crippen molar-refractivity contribution in [3.8, 4) is 0 Å². The van der Waals surface area contributed by atoms with Crippen molar-refractivity contribution in [3.05, 3.63) is 63.0 Å². The first-order chi connectivity index (χ1) is 9.10. The van der Waals surface area contributed by atoms with Gasteiger partial charge in [0.15, 0.2) is 0 Å². The summed E-state index contributed by atoms with van der Waals surface area (Å²) in [6.07, 6.45) is 0. The third kappa shape index (κ3) is 3.67. The Balaban J connectivity index is 2.15. The number of hydrogen-bond donors (Lipinski definition) is 1. The van der Waals surface area contributed by atoms with E-state index in [2.05, 4.69) is 5.32 Å². The Labute approximate surface area is 129 Å². The maximum Gasteiger partial charge on any atom is 0.255 e. The van der Waals surface area contributed by atoms with Crippen LogP contribution in [0.3, 0.4) is 0 Å². The van der Waals surface area contributed by atoms with Gasteiger partial charge in [-0.05, 0) is 58.5 Å². The van der Waals surface area contributed by atoms with E-state index in [-0.39, 0.29) is 11.7 Å². The normalized spacial score (nSPS) is 10.3. The third-order valence-corrected chi connectivity index (χ3v) is 3.75. The minimum absolute atomic E-state index is 0.231. The van der Waals surface area contributed by atoms with Crippen LogP contribution in [0.4, 0.5) is 10.1 Å². The van der Waals surface area contributed by atoms with Crippen molar-refractivity contribution >= 4 is 45.8 Å². The van der Waals surface area contributed by atoms with Crippen LogP contribution in [0.25, 0.3) is 0 Å². The van der Waals surface area contributed by atoms with Gasteiger partial charge in [0.1, 0.15) is 5.82 Å². The summed E-state index contributed by atoms with van der Waals surface area (Å²) in [5, 5.41) is 2.75. The molecule has 0 aromatic heterocycles. The van der Waals surface area contributed by atoms with Crippen LogP contribution in [-0.4, -0.2) is 5.91 Å². The molecule has 0 saturated carbocycles. The van der Waals surface area contributed by atoms with Crippen LogP contribution >= 0.6 is 34.2 Å². The average molecular weight is 390 g/mol. The van der Waals surface area contributed by atoms with Gasteiger partial charge in [0, 0.05) is 15.0 Å². The van der Waals surface area contributed by atoms with E-state index in [1.807, 2.05) is 22.6 Å². The van der Waals surface area contributed by atoms with Gasteiger partial charge in [-0.2, -0.15) is 0 Å². The van der Waals surface area contributed by atoms with Crippen molar-refractivity contribution < 1.29 is 9.18 Å². The number of hydrogen-bond acceptors (Lipinski definition) is 1. The molecule has 0 bridgehead atoms. The molecule has 2 rings (SSSR count). The lowest BCUT2D eigenvalue weighted by molar-refractivity contribution is 0.102. The zero-order valence-electron chi connectivity index (χ0n) is 9.79. The Morgan fingerprint density at radius 2 is 1.89 bits per heavy atom. The number of carbonyl (C=O) groups is 1. The first-order valence-corrected chi connectivity index (χ1v) is 7.13. The first-order valence-electron chi connectivity index (χ1n) is 5.51. The molecule has 0 atom stereocenters. The molecule has 2 aromatic rings. The summed E-state index contributed by atoms with van der Waals surface area (Å²) in [5.74, 6) is -0.142. The molecule has 0 aliphatic heterocycles. The van der Waals surface area contributed by atoms with E-state index >= 15 is 0 Å². The van der Waals surface area contributed by atoms with E-state index < -0.39 is 0 Å². The topological polar surface area (TPSA) is 29.1 Å². The lowest BCUT2D eigenvalue weighted by Crippen LogP contribution is -2.12. The number of alkyl halides is 1. The molecule has 98 valence electrons. The zero-order chi connectivity index (χ0) is 13.8. The average Bonchev–Trinajstić information content (AvgIpc) is 2.42. The molecule has 5 heteroatoms. The third-order valence-electron chi connectivity index (χ3n) is 2.55. The van der Waals surface area contributed by atoms with Crippen molar-refractivity contribution in [3.63, 3.8) is 0 Å². The van der Waals surface area contributed by atoms with Crippen molar-refractivity contribution in [1.82, 2.24) is 0 Å². The summed E-state index contributed by atoms with van der Waals surface area (Å²) in [4.78, 5) is 12.0. The molecule has 0 saturated heterocycles. The van der Waals surface area contributed by atoms with Crippen molar-refractivity contribution in [2.24, 2.45) is 0 Å². The highest BCUT2D eigenvalue weighted by atomic mass is 127. The molecular formula is C14H10ClFINO. The molecule has 0 spiro atoms. The number of halogens is 3. The SMILES string of the molecule is O=C(Nc1ccc(F)cc1I)c1ccc(CCl)cc1. The van der Waals surface area contributed by atoms with E-state index in [0.29, 0.717) is 20.7 Å². The van der Waals surface area contributed by atoms with Crippen molar-refractivity contribution in [1.29, 1.82) is 0 Å². The molecule has 1 amide bonds. The number of carbonyl (C=O) groups excluding carboxylic acids is 1. The lowest BCUT2D eigenvalue weighted by Gasteiger charge is -2.07. The van der Waals surface area contributed by atoms with Crippen molar-refractivity contribution in [2.75, 3.05) is 5.32 Å². The van der Waals surface area contributed by atoms with Crippen LogP contribution in [-0.2, 0) is 5.88 Å². The number of benzene rings is 2. The maximum absolute atomic E-state index is 13.0. The zero-order valence-corrected chi connectivity index (χ0v) is 12.7. The molecular weight excluding hydrogens is 380 g/mol. The molecule has 0 radical (unpaired) electrons. The number of anilines is 1. The van der Waals surface area contributed by atoms with E-state index in [9.17, 15) is 9.18 Å². The van der Waals surface area contributed by atoms with Crippen LogP contribution in [0.15, 0.2) is 42.5 Å². The lowest BCUT2D eigenvalue weighted by atomic mass is 10.1. The Kier molecular flexibility index (Phi) is 4.76. The highest BCUT2D eigenvalue weighted by molar-refractivity contribution is 14.1. The second-order valence-corrected chi connectivity index (χ2v) is 5.34. The number of amides is 1. The molecule has 0 aliphatic carbocycles. The highest BCUT2D eigenvalue weighted by Crippen LogP contribution is 2.20. The van der Waals surface area contributed by atoms with Gasteiger partial charge in [0.05, 0.1) is 5.69 Å². The summed E-state index contributed by atoms with van der Waals surface area (Å²) in [6.45, 7) is 0. The number of rotatable bonds is 3. The largest absolute Gasteiger partial charge is 0.321 e. The fraction of sp³-hybridized carbons (Fsp3) is 0.0714. The maximum atomic E-state index is 13.0. The van der Waals surface area contributed by atoms with Gasteiger partial charge in [-0.15, -0.1) is 11.6 Å². The summed E-state index contributed by atoms with van der Waals surface area (Å²) >= 11 is 7.67. The monoisotopic (exact) mass is 389 g/mol. The minimum Gasteiger partial charge on any atom is -0.321 e. The van der Waals surface area contributed by atoms with Crippen LogP contribution in [0.5, 0.6) is 0 Å². The van der Waals surface area contributed by atoms with E-state index in [1.165, 1.54) is 12.1 Å². The van der Waals surface area contributed by atoms with E-state index in [0.717, 1.165) is 5.56 Å². The van der Waals surface area contributed by atoms with Gasteiger partial charge < -0.3 is 5.32 Å². The second-order valence-electron chi connectivity index (χ2n) is 3.91. The minimum atomic E-state index is -0.325. The fourth-order valence-corrected chi connectivity index (χ4v) is 2.32. The Hall–Kier alpha value is -1.14. The molecule has 2 aromatic carbocycles. The summed E-state index contributed by atoms with van der Waals surface area (Å²) in [5.41, 5.74) is 2.08. The molecule has 0 unspecified atom stereocenters. The summed E-state index contributed by atoms with van der Waals surface area (Å²) in [7, 11) is 0. The predicted molar refractivity (Wildman–Crippen MR) is 83.1 cm³/mol. The molecule has 0 aliphatic rings.